The molecule has 2 rings (SSSR count). The molecule has 1 fully saturated rings. The molecule has 0 amide bonds. The fourth-order valence-electron chi connectivity index (χ4n) is 1.82. The molecule has 0 unspecified atom stereocenters. The van der Waals surface area contributed by atoms with Crippen LogP contribution < -0.4 is 5.73 Å². The number of nitrogens with two attached hydrogens (primary N) is 1. The fraction of sp³-hybridized carbons (Fsp3) is 0.500. The van der Waals surface area contributed by atoms with Crippen LogP contribution in [0.4, 0.5) is 0 Å². The van der Waals surface area contributed by atoms with Crippen LogP contribution in [0.1, 0.15) is 12.8 Å². The Morgan fingerprint density at radius 3 is 2.88 bits per heavy atom. The topological polar surface area (TPSA) is 76.3 Å². The number of hydrogen-bond acceptors (Lipinski definition) is 4. The van der Waals surface area contributed by atoms with E-state index in [1.165, 1.54) is 16.6 Å². The van der Waals surface area contributed by atoms with Crippen molar-refractivity contribution in [1.82, 2.24) is 9.29 Å². The molecule has 1 saturated heterocycles. The quantitative estimate of drug-likeness (QED) is 0.802. The van der Waals surface area contributed by atoms with Gasteiger partial charge in [0, 0.05) is 25.3 Å². The highest BCUT2D eigenvalue weighted by Crippen LogP contribution is 2.17. The molecular formula is C10H15N3O2S. The molecule has 1 aliphatic rings. The van der Waals surface area contributed by atoms with Gasteiger partial charge in [0.05, 0.1) is 0 Å². The first-order chi connectivity index (χ1) is 7.60. The molecule has 6 heteroatoms. The van der Waals surface area contributed by atoms with E-state index in [-0.39, 0.29) is 11.1 Å². The Morgan fingerprint density at radius 2 is 2.25 bits per heavy atom. The predicted octanol–water partition coefficient (Wildman–Crippen LogP) is 0.193. The van der Waals surface area contributed by atoms with Crippen molar-refractivity contribution in [2.75, 3.05) is 13.1 Å². The molecule has 0 bridgehead atoms. The second-order valence-corrected chi connectivity index (χ2v) is 5.82. The van der Waals surface area contributed by atoms with Crippen LogP contribution in [0.15, 0.2) is 29.4 Å². The number of hydrogen-bond donors (Lipinski definition) is 1. The maximum atomic E-state index is 12.1. The van der Waals surface area contributed by atoms with Crippen LogP contribution in [0.5, 0.6) is 0 Å². The van der Waals surface area contributed by atoms with Crippen molar-refractivity contribution in [3.63, 3.8) is 0 Å². The lowest BCUT2D eigenvalue weighted by Crippen LogP contribution is -2.45. The smallest absolute Gasteiger partial charge is 0.260 e. The van der Waals surface area contributed by atoms with Crippen molar-refractivity contribution in [2.24, 2.45) is 5.73 Å². The first-order valence-corrected chi connectivity index (χ1v) is 6.71. The normalized spacial score (nSPS) is 23.2. The van der Waals surface area contributed by atoms with Gasteiger partial charge in [0.2, 0.25) is 0 Å². The van der Waals surface area contributed by atoms with E-state index in [0.29, 0.717) is 13.1 Å². The second kappa shape index (κ2) is 4.48. The first kappa shape index (κ1) is 11.5. The van der Waals surface area contributed by atoms with Crippen LogP contribution in [-0.4, -0.2) is 36.8 Å². The van der Waals surface area contributed by atoms with Gasteiger partial charge in [-0.2, -0.15) is 4.31 Å². The Kier molecular flexibility index (Phi) is 3.22. The third-order valence-electron chi connectivity index (χ3n) is 2.66. The van der Waals surface area contributed by atoms with E-state index in [2.05, 4.69) is 4.98 Å². The van der Waals surface area contributed by atoms with Crippen LogP contribution in [0.25, 0.3) is 0 Å². The summed E-state index contributed by atoms with van der Waals surface area (Å²) >= 11 is 0. The average molecular weight is 241 g/mol. The van der Waals surface area contributed by atoms with Gasteiger partial charge in [-0.15, -0.1) is 0 Å². The number of pyridine rings is 1. The molecule has 5 nitrogen and oxygen atoms in total. The lowest BCUT2D eigenvalue weighted by molar-refractivity contribution is 0.315. The lowest BCUT2D eigenvalue weighted by atomic mass is 10.1. The van der Waals surface area contributed by atoms with Crippen LogP contribution in [-0.2, 0) is 10.0 Å². The van der Waals surface area contributed by atoms with Gasteiger partial charge in [0.25, 0.3) is 10.0 Å². The molecule has 0 aliphatic carbocycles. The highest BCUT2D eigenvalue weighted by atomic mass is 32.2. The molecule has 16 heavy (non-hydrogen) atoms. The summed E-state index contributed by atoms with van der Waals surface area (Å²) in [6.45, 7) is 0.922. The standard InChI is InChI=1S/C10H15N3O2S/c11-9-4-3-7-13(8-9)16(14,15)10-5-1-2-6-12-10/h1-2,5-6,9H,3-4,7-8,11H2/t9-/m0/s1. The Morgan fingerprint density at radius 1 is 1.44 bits per heavy atom. The van der Waals surface area contributed by atoms with Crippen molar-refractivity contribution < 1.29 is 8.42 Å². The van der Waals surface area contributed by atoms with Gasteiger partial charge in [0.15, 0.2) is 5.03 Å². The van der Waals surface area contributed by atoms with Crippen molar-refractivity contribution >= 4 is 10.0 Å². The number of nitrogens with zero attached hydrogens (tertiary/aromatic N) is 2. The van der Waals surface area contributed by atoms with E-state index >= 15 is 0 Å². The lowest BCUT2D eigenvalue weighted by Gasteiger charge is -2.29. The molecule has 88 valence electrons. The van der Waals surface area contributed by atoms with Crippen molar-refractivity contribution in [2.45, 2.75) is 23.9 Å². The molecule has 0 radical (unpaired) electrons. The molecule has 0 saturated carbocycles. The zero-order valence-corrected chi connectivity index (χ0v) is 9.73. The molecular weight excluding hydrogens is 226 g/mol. The van der Waals surface area contributed by atoms with Crippen LogP contribution in [0.2, 0.25) is 0 Å². The average Bonchev–Trinajstić information content (AvgIpc) is 2.30. The summed E-state index contributed by atoms with van der Waals surface area (Å²) in [6.07, 6.45) is 3.18. The van der Waals surface area contributed by atoms with Crippen LogP contribution in [0.3, 0.4) is 0 Å². The van der Waals surface area contributed by atoms with Crippen molar-refractivity contribution in [3.05, 3.63) is 24.4 Å². The number of rotatable bonds is 2. The Hall–Kier alpha value is -0.980. The summed E-state index contributed by atoms with van der Waals surface area (Å²) in [5, 5.41) is 0.101. The molecule has 1 aliphatic heterocycles. The van der Waals surface area contributed by atoms with Crippen LogP contribution in [0, 0.1) is 0 Å². The van der Waals surface area contributed by atoms with Gasteiger partial charge < -0.3 is 5.73 Å². The summed E-state index contributed by atoms with van der Waals surface area (Å²) in [7, 11) is -3.45. The van der Waals surface area contributed by atoms with Crippen molar-refractivity contribution in [3.8, 4) is 0 Å². The Balaban J connectivity index is 2.26. The molecule has 0 spiro atoms. The highest BCUT2D eigenvalue weighted by molar-refractivity contribution is 7.89. The summed E-state index contributed by atoms with van der Waals surface area (Å²) in [6, 6.07) is 4.81. The minimum Gasteiger partial charge on any atom is -0.327 e. The predicted molar refractivity (Wildman–Crippen MR) is 60.2 cm³/mol. The van der Waals surface area contributed by atoms with E-state index in [0.717, 1.165) is 12.8 Å². The van der Waals surface area contributed by atoms with E-state index < -0.39 is 10.0 Å². The van der Waals surface area contributed by atoms with E-state index in [1.807, 2.05) is 0 Å². The number of piperidine rings is 1. The Bertz CT molecular complexity index is 446. The van der Waals surface area contributed by atoms with Gasteiger partial charge in [-0.25, -0.2) is 13.4 Å². The molecule has 1 aromatic rings. The fourth-order valence-corrected chi connectivity index (χ4v) is 3.29. The summed E-state index contributed by atoms with van der Waals surface area (Å²) < 4.78 is 25.7. The number of aromatic nitrogens is 1. The Labute approximate surface area is 95.3 Å². The second-order valence-electron chi connectivity index (χ2n) is 3.93. The van der Waals surface area contributed by atoms with Gasteiger partial charge in [0.1, 0.15) is 0 Å². The highest BCUT2D eigenvalue weighted by Gasteiger charge is 2.29. The monoisotopic (exact) mass is 241 g/mol. The number of sulfonamides is 1. The van der Waals surface area contributed by atoms with E-state index in [9.17, 15) is 8.42 Å². The van der Waals surface area contributed by atoms with Crippen molar-refractivity contribution in [1.29, 1.82) is 0 Å². The summed E-state index contributed by atoms with van der Waals surface area (Å²) in [5.74, 6) is 0. The summed E-state index contributed by atoms with van der Waals surface area (Å²) in [4.78, 5) is 3.88. The zero-order chi connectivity index (χ0) is 11.6. The molecule has 1 atom stereocenters. The third-order valence-corrected chi connectivity index (χ3v) is 4.44. The largest absolute Gasteiger partial charge is 0.327 e. The molecule has 2 heterocycles. The minimum absolute atomic E-state index is 0.0627. The maximum absolute atomic E-state index is 12.1. The van der Waals surface area contributed by atoms with Gasteiger partial charge >= 0.3 is 0 Å². The molecule has 0 aromatic carbocycles. The van der Waals surface area contributed by atoms with E-state index in [1.54, 1.807) is 12.1 Å². The summed E-state index contributed by atoms with van der Waals surface area (Å²) in [5.41, 5.74) is 5.77. The zero-order valence-electron chi connectivity index (χ0n) is 8.91. The van der Waals surface area contributed by atoms with Crippen LogP contribution >= 0.6 is 0 Å². The third kappa shape index (κ3) is 2.23. The first-order valence-electron chi connectivity index (χ1n) is 5.27. The SMILES string of the molecule is N[C@H]1CCCN(S(=O)(=O)c2ccccn2)C1. The van der Waals surface area contributed by atoms with Gasteiger partial charge in [-0.3, -0.25) is 0 Å². The molecule has 2 N–H and O–H groups in total. The van der Waals surface area contributed by atoms with Gasteiger partial charge in [-0.05, 0) is 25.0 Å². The van der Waals surface area contributed by atoms with Gasteiger partial charge in [-0.1, -0.05) is 6.07 Å². The minimum atomic E-state index is -3.45. The maximum Gasteiger partial charge on any atom is 0.260 e. The van der Waals surface area contributed by atoms with E-state index in [4.69, 9.17) is 5.73 Å². The molecule has 1 aromatic heterocycles.